The Morgan fingerprint density at radius 2 is 1.10 bits per heavy atom. The second kappa shape index (κ2) is 21.3. The topological polar surface area (TPSA) is 84.9 Å². The Labute approximate surface area is 347 Å². The summed E-state index contributed by atoms with van der Waals surface area (Å²) < 4.78 is 19.8. The van der Waals surface area contributed by atoms with Crippen LogP contribution in [-0.4, -0.2) is 63.5 Å². The summed E-state index contributed by atoms with van der Waals surface area (Å²) in [6.07, 6.45) is 3.67. The Bertz CT molecular complexity index is 1830. The van der Waals surface area contributed by atoms with Gasteiger partial charge in [0.05, 0.1) is 0 Å². The molecule has 1 atom stereocenters. The molecule has 5 aromatic rings. The monoisotopic (exact) mass is 805 g/mol. The molecule has 0 radical (unpaired) electrons. The number of quaternary nitrogens is 1. The van der Waals surface area contributed by atoms with Crippen molar-refractivity contribution in [3.63, 3.8) is 0 Å². The van der Waals surface area contributed by atoms with Gasteiger partial charge in [0.25, 0.3) is 0 Å². The molecule has 0 heterocycles. The van der Waals surface area contributed by atoms with Gasteiger partial charge in [-0.1, -0.05) is 46.8 Å². The number of carbonyl (C=O) groups excluding carboxylic acids is 2. The maximum atomic E-state index is 12.7. The fourth-order valence-electron chi connectivity index (χ4n) is 8.63. The predicted octanol–water partition coefficient (Wildman–Crippen LogP) is 8.21. The number of benzene rings is 5. The van der Waals surface area contributed by atoms with Crippen molar-refractivity contribution in [1.82, 2.24) is 0 Å². The zero-order valence-electron chi connectivity index (χ0n) is 35.4. The standard InChI is InChI=1S/C49H63NO4P.CH2O2/c1-48(2,3)40-49(4,5)43-29-31-44(32-30-43)53-37-36-52-35-34-50(6,39-42-21-11-7-12-22-42)33-19-20-38-55(54-41-51,45-23-13-8-14-24-45,46-25-15-9-16-26-46)47-27-17-10-18-28-47;2-1-3/h7-18,21-32,41H,19-20,33-40H2,1-6H3;1H,(H,2,3)/q+1;/p-1. The van der Waals surface area contributed by atoms with Crippen LogP contribution in [0.3, 0.4) is 0 Å². The number of ether oxygens (including phenoxy) is 2. The second-order valence-electron chi connectivity index (χ2n) is 17.3. The largest absolute Gasteiger partial charge is 0.554 e. The van der Waals surface area contributed by atoms with E-state index in [1.165, 1.54) is 11.1 Å². The first kappa shape index (κ1) is 45.9. The molecule has 1 unspecified atom stereocenters. The van der Waals surface area contributed by atoms with Crippen LogP contribution in [0, 0.1) is 5.41 Å². The van der Waals surface area contributed by atoms with Crippen LogP contribution in [0.15, 0.2) is 146 Å². The summed E-state index contributed by atoms with van der Waals surface area (Å²) in [5.41, 5.74) is 3.01. The Morgan fingerprint density at radius 1 is 0.621 bits per heavy atom. The van der Waals surface area contributed by atoms with Gasteiger partial charge in [-0.3, -0.25) is 0 Å². The number of nitrogens with zero attached hydrogens (tertiary/aromatic N) is 1. The third-order valence-corrected chi connectivity index (χ3v) is 16.9. The molecule has 0 bridgehead atoms. The van der Waals surface area contributed by atoms with Crippen molar-refractivity contribution in [3.05, 3.63) is 157 Å². The molecule has 7 nitrogen and oxygen atoms in total. The third-order valence-electron chi connectivity index (χ3n) is 11.0. The smallest absolute Gasteiger partial charge is 0.0275 e. The number of carboxylic acid groups (broad SMARTS) is 1. The molecular weight excluding hydrogens is 742 g/mol. The van der Waals surface area contributed by atoms with Gasteiger partial charge in [-0.25, -0.2) is 0 Å². The zero-order valence-corrected chi connectivity index (χ0v) is 36.3. The molecule has 0 aliphatic heterocycles. The molecule has 0 N–H and O–H groups in total. The molecule has 0 fully saturated rings. The maximum Gasteiger partial charge on any atom is 0.0275 e. The molecule has 5 aromatic carbocycles. The number of hydrogen-bond acceptors (Lipinski definition) is 6. The number of carbonyl (C=O) groups is 2. The van der Waals surface area contributed by atoms with E-state index in [0.717, 1.165) is 71.2 Å². The van der Waals surface area contributed by atoms with E-state index in [-0.39, 0.29) is 10.8 Å². The van der Waals surface area contributed by atoms with E-state index in [0.29, 0.717) is 26.3 Å². The average Bonchev–Trinajstić information content (AvgIpc) is 3.21. The first-order chi connectivity index (χ1) is 27.8. The van der Waals surface area contributed by atoms with Crippen LogP contribution in [-0.2, 0) is 30.8 Å². The fraction of sp³-hybridized carbons (Fsp3) is 0.360. The van der Waals surface area contributed by atoms with E-state index in [1.54, 1.807) is 0 Å². The molecule has 0 aliphatic rings. The number of rotatable bonds is 21. The van der Waals surface area contributed by atoms with Gasteiger partial charge in [-0.05, 0) is 34.9 Å². The summed E-state index contributed by atoms with van der Waals surface area (Å²) in [4.78, 5) is 20.9. The van der Waals surface area contributed by atoms with Crippen LogP contribution >= 0.6 is 6.83 Å². The third kappa shape index (κ3) is 12.1. The van der Waals surface area contributed by atoms with Gasteiger partial charge in [-0.2, -0.15) is 0 Å². The number of likely N-dealkylation sites (N-methyl/N-ethyl adjacent to an activating group) is 1. The molecule has 0 aromatic heterocycles. The minimum atomic E-state index is -3.67. The Kier molecular flexibility index (Phi) is 16.8. The van der Waals surface area contributed by atoms with Gasteiger partial charge in [0.15, 0.2) is 0 Å². The minimum Gasteiger partial charge on any atom is -0.554 e. The molecule has 310 valence electrons. The molecule has 0 spiro atoms. The molecule has 0 aliphatic carbocycles. The van der Waals surface area contributed by atoms with Gasteiger partial charge >= 0.3 is 251 Å². The van der Waals surface area contributed by atoms with Crippen molar-refractivity contribution in [2.75, 3.05) is 46.1 Å². The van der Waals surface area contributed by atoms with Crippen molar-refractivity contribution < 1.29 is 33.2 Å². The Balaban J connectivity index is 0.00000240. The quantitative estimate of drug-likeness (QED) is 0.0322. The van der Waals surface area contributed by atoms with Crippen molar-refractivity contribution in [3.8, 4) is 5.75 Å². The van der Waals surface area contributed by atoms with E-state index >= 15 is 0 Å². The van der Waals surface area contributed by atoms with Crippen molar-refractivity contribution in [2.24, 2.45) is 5.41 Å². The van der Waals surface area contributed by atoms with Crippen molar-refractivity contribution in [2.45, 2.75) is 65.8 Å². The predicted molar refractivity (Wildman–Crippen MR) is 238 cm³/mol. The van der Waals surface area contributed by atoms with E-state index < -0.39 is 13.3 Å². The van der Waals surface area contributed by atoms with E-state index in [2.05, 4.69) is 169 Å². The van der Waals surface area contributed by atoms with Gasteiger partial charge in [-0.15, -0.1) is 0 Å². The summed E-state index contributed by atoms with van der Waals surface area (Å²) >= 11 is 0. The summed E-state index contributed by atoms with van der Waals surface area (Å²) in [6, 6.07) is 50.6. The molecule has 0 amide bonds. The van der Waals surface area contributed by atoms with Gasteiger partial charge in [0, 0.05) is 6.47 Å². The van der Waals surface area contributed by atoms with Gasteiger partial charge in [0.2, 0.25) is 0 Å². The number of hydrogen-bond donors (Lipinski definition) is 0. The molecule has 5 rings (SSSR count). The molecule has 8 heteroatoms. The van der Waals surface area contributed by atoms with Crippen LogP contribution in [0.25, 0.3) is 0 Å². The summed E-state index contributed by atoms with van der Waals surface area (Å²) in [5, 5.41) is 11.4. The number of unbranched alkanes of at least 4 members (excludes halogenated alkanes) is 1. The molecular formula is C50H64NO6P. The van der Waals surface area contributed by atoms with E-state index in [4.69, 9.17) is 23.9 Å². The minimum absolute atomic E-state index is 0.103. The van der Waals surface area contributed by atoms with Gasteiger partial charge in [0.1, 0.15) is 0 Å². The first-order valence-corrected chi connectivity index (χ1v) is 22.7. The Hall–Kier alpha value is -4.81. The summed E-state index contributed by atoms with van der Waals surface area (Å²) in [7, 11) is 2.34. The molecule has 58 heavy (non-hydrogen) atoms. The summed E-state index contributed by atoms with van der Waals surface area (Å²) in [5.74, 6) is 0.876. The normalized spacial score (nSPS) is 13.4. The van der Waals surface area contributed by atoms with Crippen LogP contribution in [0.5, 0.6) is 5.75 Å². The van der Waals surface area contributed by atoms with Crippen molar-refractivity contribution in [1.29, 1.82) is 0 Å². The first-order valence-electron chi connectivity index (χ1n) is 20.4. The average molecular weight is 806 g/mol. The molecule has 0 saturated heterocycles. The van der Waals surface area contributed by atoms with Crippen LogP contribution in [0.4, 0.5) is 0 Å². The van der Waals surface area contributed by atoms with Crippen LogP contribution < -0.4 is 25.8 Å². The van der Waals surface area contributed by atoms with E-state index in [1.807, 2.05) is 18.2 Å². The molecule has 0 saturated carbocycles. The van der Waals surface area contributed by atoms with Gasteiger partial charge < -0.3 is 9.90 Å². The van der Waals surface area contributed by atoms with Crippen LogP contribution in [0.1, 0.15) is 65.0 Å². The summed E-state index contributed by atoms with van der Waals surface area (Å²) in [6.45, 7) is 12.5. The maximum absolute atomic E-state index is 12.7. The SMILES string of the molecule is CC(C)(C)CC(C)(C)c1ccc(OCCOCC[N+](C)(CCCCP(OC=O)(c2ccccc2)(c2ccccc2)c2ccccc2)Cc2ccccc2)cc1.O=C[O-]. The van der Waals surface area contributed by atoms with E-state index in [9.17, 15) is 4.79 Å². The zero-order chi connectivity index (χ0) is 42.0. The van der Waals surface area contributed by atoms with Crippen LogP contribution in [0.2, 0.25) is 0 Å². The Morgan fingerprint density at radius 3 is 1.57 bits per heavy atom. The fourth-order valence-corrected chi connectivity index (χ4v) is 14.2. The second-order valence-corrected chi connectivity index (χ2v) is 21.9. The van der Waals surface area contributed by atoms with Crippen molar-refractivity contribution >= 4 is 35.7 Å².